The Kier molecular flexibility index (Phi) is 5.56. The summed E-state index contributed by atoms with van der Waals surface area (Å²) in [6, 6.07) is 9.04. The third-order valence-corrected chi connectivity index (χ3v) is 7.24. The van der Waals surface area contributed by atoms with Crippen LogP contribution in [0.5, 0.6) is 0 Å². The second kappa shape index (κ2) is 7.92. The van der Waals surface area contributed by atoms with E-state index in [0.717, 1.165) is 77.4 Å². The molecule has 1 atom stereocenters. The SMILES string of the molecule is CCc1ccccc1CN1CCCC12CCCN(C1CCC(O)CC1)C2=O. The first-order chi connectivity index (χ1) is 13.1. The maximum Gasteiger partial charge on any atom is 0.243 e. The first kappa shape index (κ1) is 18.9. The van der Waals surface area contributed by atoms with Gasteiger partial charge in [0, 0.05) is 19.1 Å². The Hall–Kier alpha value is -1.39. The van der Waals surface area contributed by atoms with Crippen LogP contribution in [0.1, 0.15) is 69.4 Å². The van der Waals surface area contributed by atoms with Gasteiger partial charge in [-0.3, -0.25) is 9.69 Å². The minimum absolute atomic E-state index is 0.163. The zero-order valence-electron chi connectivity index (χ0n) is 16.7. The molecular formula is C23H34N2O2. The number of aliphatic hydroxyl groups is 1. The van der Waals surface area contributed by atoms with Crippen molar-refractivity contribution < 1.29 is 9.90 Å². The van der Waals surface area contributed by atoms with Crippen molar-refractivity contribution >= 4 is 5.91 Å². The molecule has 1 saturated carbocycles. The van der Waals surface area contributed by atoms with E-state index in [-0.39, 0.29) is 11.6 Å². The van der Waals surface area contributed by atoms with E-state index in [9.17, 15) is 9.90 Å². The molecule has 0 bridgehead atoms. The second-order valence-corrected chi connectivity index (χ2v) is 8.74. The molecule has 3 aliphatic rings. The summed E-state index contributed by atoms with van der Waals surface area (Å²) in [4.78, 5) is 18.4. The molecule has 1 aromatic rings. The molecule has 1 aromatic carbocycles. The monoisotopic (exact) mass is 370 g/mol. The second-order valence-electron chi connectivity index (χ2n) is 8.74. The van der Waals surface area contributed by atoms with Crippen LogP contribution < -0.4 is 0 Å². The van der Waals surface area contributed by atoms with Gasteiger partial charge in [-0.15, -0.1) is 0 Å². The highest BCUT2D eigenvalue weighted by molar-refractivity contribution is 5.88. The van der Waals surface area contributed by atoms with Crippen LogP contribution in [0.3, 0.4) is 0 Å². The highest BCUT2D eigenvalue weighted by atomic mass is 16.3. The molecule has 1 amide bonds. The maximum absolute atomic E-state index is 13.7. The molecular weight excluding hydrogens is 336 g/mol. The van der Waals surface area contributed by atoms with E-state index in [4.69, 9.17) is 0 Å². The van der Waals surface area contributed by atoms with Gasteiger partial charge in [-0.1, -0.05) is 31.2 Å². The largest absolute Gasteiger partial charge is 0.393 e. The van der Waals surface area contributed by atoms with E-state index in [1.165, 1.54) is 11.1 Å². The molecule has 0 aromatic heterocycles. The number of nitrogens with zero attached hydrogens (tertiary/aromatic N) is 2. The Morgan fingerprint density at radius 2 is 1.70 bits per heavy atom. The number of piperidine rings is 1. The number of rotatable bonds is 4. The lowest BCUT2D eigenvalue weighted by Gasteiger charge is -2.48. The Bertz CT molecular complexity index is 668. The number of aryl methyl sites for hydroxylation is 1. The number of likely N-dealkylation sites (tertiary alicyclic amines) is 2. The average molecular weight is 371 g/mol. The van der Waals surface area contributed by atoms with Gasteiger partial charge in [-0.2, -0.15) is 0 Å². The smallest absolute Gasteiger partial charge is 0.243 e. The summed E-state index contributed by atoms with van der Waals surface area (Å²) in [5, 5.41) is 9.84. The highest BCUT2D eigenvalue weighted by Crippen LogP contribution is 2.41. The van der Waals surface area contributed by atoms with Crippen LogP contribution >= 0.6 is 0 Å². The number of benzene rings is 1. The first-order valence-corrected chi connectivity index (χ1v) is 10.9. The van der Waals surface area contributed by atoms with Crippen molar-refractivity contribution in [1.82, 2.24) is 9.80 Å². The van der Waals surface area contributed by atoms with Crippen LogP contribution in [-0.4, -0.2) is 51.6 Å². The standard InChI is InChI=1S/C23H34N2O2/c1-2-18-7-3-4-8-19(18)17-24-15-5-13-23(24)14-6-16-25(22(23)27)20-9-11-21(26)12-10-20/h3-4,7-8,20-21,26H,2,5-6,9-17H2,1H3. The average Bonchev–Trinajstić information content (AvgIpc) is 3.08. The number of amides is 1. The minimum atomic E-state index is -0.283. The van der Waals surface area contributed by atoms with Gasteiger partial charge < -0.3 is 10.0 Å². The molecule has 27 heavy (non-hydrogen) atoms. The third-order valence-electron chi connectivity index (χ3n) is 7.24. The van der Waals surface area contributed by atoms with E-state index < -0.39 is 0 Å². The molecule has 1 unspecified atom stereocenters. The van der Waals surface area contributed by atoms with Gasteiger partial charge in [0.1, 0.15) is 5.54 Å². The Balaban J connectivity index is 1.54. The summed E-state index contributed by atoms with van der Waals surface area (Å²) in [7, 11) is 0. The molecule has 2 aliphatic heterocycles. The van der Waals surface area contributed by atoms with Gasteiger partial charge in [-0.05, 0) is 75.5 Å². The normalized spacial score (nSPS) is 32.4. The van der Waals surface area contributed by atoms with E-state index >= 15 is 0 Å². The van der Waals surface area contributed by atoms with Crippen LogP contribution in [0.4, 0.5) is 0 Å². The third kappa shape index (κ3) is 3.54. The lowest BCUT2D eigenvalue weighted by atomic mass is 9.82. The molecule has 0 radical (unpaired) electrons. The fourth-order valence-corrected chi connectivity index (χ4v) is 5.69. The van der Waals surface area contributed by atoms with Crippen LogP contribution in [0, 0.1) is 0 Å². The van der Waals surface area contributed by atoms with E-state index in [1.807, 2.05) is 0 Å². The maximum atomic E-state index is 13.7. The Morgan fingerprint density at radius 3 is 2.41 bits per heavy atom. The molecule has 2 heterocycles. The summed E-state index contributed by atoms with van der Waals surface area (Å²) in [6.07, 6.45) is 8.73. The molecule has 2 saturated heterocycles. The highest BCUT2D eigenvalue weighted by Gasteiger charge is 2.51. The van der Waals surface area contributed by atoms with Crippen molar-refractivity contribution in [3.8, 4) is 0 Å². The van der Waals surface area contributed by atoms with Gasteiger partial charge in [0.2, 0.25) is 5.91 Å². The summed E-state index contributed by atoms with van der Waals surface area (Å²) < 4.78 is 0. The molecule has 4 nitrogen and oxygen atoms in total. The van der Waals surface area contributed by atoms with Crippen molar-refractivity contribution in [2.24, 2.45) is 0 Å². The fourth-order valence-electron chi connectivity index (χ4n) is 5.69. The summed E-state index contributed by atoms with van der Waals surface area (Å²) >= 11 is 0. The quantitative estimate of drug-likeness (QED) is 0.882. The lowest BCUT2D eigenvalue weighted by Crippen LogP contribution is -2.62. The molecule has 1 N–H and O–H groups in total. The zero-order chi connectivity index (χ0) is 18.9. The minimum Gasteiger partial charge on any atom is -0.393 e. The van der Waals surface area contributed by atoms with Crippen LogP contribution in [-0.2, 0) is 17.8 Å². The zero-order valence-corrected chi connectivity index (χ0v) is 16.7. The van der Waals surface area contributed by atoms with Crippen molar-refractivity contribution in [3.05, 3.63) is 35.4 Å². The molecule has 148 valence electrons. The van der Waals surface area contributed by atoms with E-state index in [1.54, 1.807) is 0 Å². The van der Waals surface area contributed by atoms with Gasteiger partial charge in [0.05, 0.1) is 6.10 Å². The van der Waals surface area contributed by atoms with Crippen molar-refractivity contribution in [2.75, 3.05) is 13.1 Å². The summed E-state index contributed by atoms with van der Waals surface area (Å²) in [5.41, 5.74) is 2.50. The lowest BCUT2D eigenvalue weighted by molar-refractivity contribution is -0.152. The van der Waals surface area contributed by atoms with Crippen molar-refractivity contribution in [2.45, 2.75) is 88.9 Å². The predicted octanol–water partition coefficient (Wildman–Crippen LogP) is 3.51. The predicted molar refractivity (Wildman–Crippen MR) is 107 cm³/mol. The van der Waals surface area contributed by atoms with Crippen molar-refractivity contribution in [1.29, 1.82) is 0 Å². The summed E-state index contributed by atoms with van der Waals surface area (Å²) in [6.45, 7) is 5.04. The molecule has 1 aliphatic carbocycles. The number of carbonyl (C=O) groups is 1. The number of hydrogen-bond acceptors (Lipinski definition) is 3. The Labute approximate surface area is 163 Å². The van der Waals surface area contributed by atoms with Gasteiger partial charge in [-0.25, -0.2) is 0 Å². The number of carbonyl (C=O) groups excluding carboxylic acids is 1. The Morgan fingerprint density at radius 1 is 1.04 bits per heavy atom. The van der Waals surface area contributed by atoms with Crippen LogP contribution in [0.15, 0.2) is 24.3 Å². The van der Waals surface area contributed by atoms with Crippen LogP contribution in [0.25, 0.3) is 0 Å². The number of aliphatic hydroxyl groups excluding tert-OH is 1. The van der Waals surface area contributed by atoms with Gasteiger partial charge in [0.25, 0.3) is 0 Å². The van der Waals surface area contributed by atoms with Gasteiger partial charge >= 0.3 is 0 Å². The first-order valence-electron chi connectivity index (χ1n) is 10.9. The molecule has 1 spiro atoms. The van der Waals surface area contributed by atoms with Gasteiger partial charge in [0.15, 0.2) is 0 Å². The molecule has 3 fully saturated rings. The molecule has 4 heteroatoms. The molecule has 4 rings (SSSR count). The van der Waals surface area contributed by atoms with E-state index in [2.05, 4.69) is 41.0 Å². The number of hydrogen-bond donors (Lipinski definition) is 1. The summed E-state index contributed by atoms with van der Waals surface area (Å²) in [5.74, 6) is 0.376. The topological polar surface area (TPSA) is 43.8 Å². The van der Waals surface area contributed by atoms with Crippen molar-refractivity contribution in [3.63, 3.8) is 0 Å². The fraction of sp³-hybridized carbons (Fsp3) is 0.696. The van der Waals surface area contributed by atoms with Crippen LogP contribution in [0.2, 0.25) is 0 Å². The van der Waals surface area contributed by atoms with E-state index in [0.29, 0.717) is 11.9 Å².